The van der Waals surface area contributed by atoms with Gasteiger partial charge in [0.15, 0.2) is 17.3 Å². The van der Waals surface area contributed by atoms with Gasteiger partial charge in [-0.25, -0.2) is 0 Å². The minimum Gasteiger partial charge on any atom is -0.493 e. The predicted octanol–water partition coefficient (Wildman–Crippen LogP) is 4.37. The summed E-state index contributed by atoms with van der Waals surface area (Å²) in [5.41, 5.74) is 1.87. The van der Waals surface area contributed by atoms with Gasteiger partial charge in [0.05, 0.1) is 27.9 Å². The summed E-state index contributed by atoms with van der Waals surface area (Å²) < 4.78 is 21.8. The van der Waals surface area contributed by atoms with Crippen LogP contribution < -0.4 is 18.9 Å². The summed E-state index contributed by atoms with van der Waals surface area (Å²) in [6.45, 7) is 5.33. The van der Waals surface area contributed by atoms with Gasteiger partial charge in [0.25, 0.3) is 0 Å². The second-order valence-corrected chi connectivity index (χ2v) is 7.78. The summed E-state index contributed by atoms with van der Waals surface area (Å²) in [7, 11) is 4.70. The number of Topliss-reactive ketones (excluding diaryl/α,β-unsaturated/α-hetero) is 1. The van der Waals surface area contributed by atoms with Crippen molar-refractivity contribution in [3.63, 3.8) is 0 Å². The van der Waals surface area contributed by atoms with E-state index in [0.717, 1.165) is 11.1 Å². The summed E-state index contributed by atoms with van der Waals surface area (Å²) >= 11 is 0. The van der Waals surface area contributed by atoms with E-state index in [-0.39, 0.29) is 19.0 Å². The van der Waals surface area contributed by atoms with Crippen LogP contribution in [0.25, 0.3) is 12.2 Å². The number of hydrogen-bond donors (Lipinski definition) is 1. The first kappa shape index (κ1) is 23.3. The van der Waals surface area contributed by atoms with Crippen molar-refractivity contribution in [1.29, 1.82) is 0 Å². The van der Waals surface area contributed by atoms with Crippen molar-refractivity contribution < 1.29 is 28.8 Å². The number of aliphatic hydroxyl groups excluding tert-OH is 1. The van der Waals surface area contributed by atoms with E-state index in [1.807, 2.05) is 51.1 Å². The van der Waals surface area contributed by atoms with Crippen LogP contribution in [0.5, 0.6) is 23.0 Å². The molecule has 0 saturated carbocycles. The minimum atomic E-state index is -0.483. The van der Waals surface area contributed by atoms with Crippen LogP contribution in [0.1, 0.15) is 37.5 Å². The molecule has 0 atom stereocenters. The summed E-state index contributed by atoms with van der Waals surface area (Å²) in [5.74, 6) is 2.14. The summed E-state index contributed by atoms with van der Waals surface area (Å²) in [5, 5.41) is 9.58. The van der Waals surface area contributed by atoms with E-state index in [2.05, 4.69) is 0 Å². The fraction of sp³-hybridized carbons (Fsp3) is 0.375. The molecule has 1 N–H and O–H groups in total. The van der Waals surface area contributed by atoms with E-state index in [9.17, 15) is 9.90 Å². The van der Waals surface area contributed by atoms with Crippen molar-refractivity contribution in [2.75, 3.05) is 27.9 Å². The van der Waals surface area contributed by atoms with Crippen molar-refractivity contribution in [3.05, 3.63) is 47.0 Å². The van der Waals surface area contributed by atoms with E-state index < -0.39 is 5.41 Å². The maximum Gasteiger partial charge on any atom is 0.203 e. The van der Waals surface area contributed by atoms with Crippen molar-refractivity contribution in [3.8, 4) is 23.0 Å². The van der Waals surface area contributed by atoms with E-state index in [1.54, 1.807) is 33.5 Å². The molecule has 0 aliphatic carbocycles. The lowest BCUT2D eigenvalue weighted by atomic mass is 9.91. The largest absolute Gasteiger partial charge is 0.493 e. The monoisotopic (exact) mass is 414 g/mol. The summed E-state index contributed by atoms with van der Waals surface area (Å²) in [4.78, 5) is 12.2. The number of carbonyl (C=O) groups excluding carboxylic acids is 1. The van der Waals surface area contributed by atoms with Crippen LogP contribution in [0.4, 0.5) is 0 Å². The average Bonchev–Trinajstić information content (AvgIpc) is 2.74. The fourth-order valence-electron chi connectivity index (χ4n) is 2.69. The van der Waals surface area contributed by atoms with Crippen LogP contribution in [-0.4, -0.2) is 38.8 Å². The number of methoxy groups -OCH3 is 3. The Kier molecular flexibility index (Phi) is 7.89. The molecule has 6 heteroatoms. The Morgan fingerprint density at radius 2 is 1.47 bits per heavy atom. The molecule has 2 aromatic carbocycles. The Balaban J connectivity index is 2.28. The standard InChI is InChI=1S/C24H30O6/c1-24(2,3)22(26)15-30-19-11-16(9-10-18(19)14-25)7-8-17-12-20(27-4)23(29-6)21(13-17)28-5/h7-13,25H,14-15H2,1-6H3/b8-7-. The Bertz CT molecular complexity index is 883. The first-order chi connectivity index (χ1) is 14.2. The molecule has 6 nitrogen and oxygen atoms in total. The Morgan fingerprint density at radius 1 is 0.900 bits per heavy atom. The van der Waals surface area contributed by atoms with Gasteiger partial charge in [-0.2, -0.15) is 0 Å². The lowest BCUT2D eigenvalue weighted by molar-refractivity contribution is -0.128. The molecule has 0 amide bonds. The van der Waals surface area contributed by atoms with E-state index in [4.69, 9.17) is 18.9 Å². The Hall–Kier alpha value is -2.99. The van der Waals surface area contributed by atoms with Crippen LogP contribution in [0.15, 0.2) is 30.3 Å². The molecule has 0 aromatic heterocycles. The number of aliphatic hydroxyl groups is 1. The van der Waals surface area contributed by atoms with Gasteiger partial charge in [0.2, 0.25) is 5.75 Å². The number of benzene rings is 2. The molecule has 0 spiro atoms. The molecule has 0 saturated heterocycles. The van der Waals surface area contributed by atoms with Gasteiger partial charge in [0.1, 0.15) is 12.4 Å². The Labute approximate surface area is 178 Å². The van der Waals surface area contributed by atoms with Crippen molar-refractivity contribution in [2.45, 2.75) is 27.4 Å². The maximum absolute atomic E-state index is 12.2. The quantitative estimate of drug-likeness (QED) is 0.614. The first-order valence-electron chi connectivity index (χ1n) is 9.61. The third-order valence-electron chi connectivity index (χ3n) is 4.61. The zero-order valence-corrected chi connectivity index (χ0v) is 18.4. The van der Waals surface area contributed by atoms with Gasteiger partial charge < -0.3 is 24.1 Å². The normalized spacial score (nSPS) is 11.4. The second kappa shape index (κ2) is 10.2. The van der Waals surface area contributed by atoms with E-state index in [0.29, 0.717) is 28.6 Å². The number of rotatable bonds is 9. The van der Waals surface area contributed by atoms with Crippen LogP contribution in [0.3, 0.4) is 0 Å². The second-order valence-electron chi connectivity index (χ2n) is 7.78. The topological polar surface area (TPSA) is 74.2 Å². The van der Waals surface area contributed by atoms with E-state index in [1.165, 1.54) is 0 Å². The molecule has 2 rings (SSSR count). The molecule has 30 heavy (non-hydrogen) atoms. The van der Waals surface area contributed by atoms with Gasteiger partial charge in [-0.15, -0.1) is 0 Å². The Morgan fingerprint density at radius 3 is 1.97 bits per heavy atom. The highest BCUT2D eigenvalue weighted by Gasteiger charge is 2.22. The molecule has 162 valence electrons. The molecule has 0 aliphatic heterocycles. The predicted molar refractivity (Wildman–Crippen MR) is 117 cm³/mol. The molecule has 0 bridgehead atoms. The van der Waals surface area contributed by atoms with Gasteiger partial charge in [-0.3, -0.25) is 4.79 Å². The average molecular weight is 414 g/mol. The zero-order valence-electron chi connectivity index (χ0n) is 18.4. The SMILES string of the molecule is COc1cc(/C=C\c2ccc(CO)c(OCC(=O)C(C)(C)C)c2)cc(OC)c1OC. The van der Waals surface area contributed by atoms with Crippen LogP contribution in [-0.2, 0) is 11.4 Å². The highest BCUT2D eigenvalue weighted by molar-refractivity contribution is 5.85. The molecular weight excluding hydrogens is 384 g/mol. The molecule has 0 unspecified atom stereocenters. The third-order valence-corrected chi connectivity index (χ3v) is 4.61. The van der Waals surface area contributed by atoms with Crippen LogP contribution in [0, 0.1) is 5.41 Å². The highest BCUT2D eigenvalue weighted by Crippen LogP contribution is 2.38. The summed E-state index contributed by atoms with van der Waals surface area (Å²) in [6, 6.07) is 9.15. The highest BCUT2D eigenvalue weighted by atomic mass is 16.5. The lowest BCUT2D eigenvalue weighted by Crippen LogP contribution is -2.26. The van der Waals surface area contributed by atoms with Crippen molar-refractivity contribution in [1.82, 2.24) is 0 Å². The first-order valence-corrected chi connectivity index (χ1v) is 9.61. The maximum atomic E-state index is 12.2. The molecule has 2 aromatic rings. The molecule has 0 heterocycles. The minimum absolute atomic E-state index is 0.00948. The number of ether oxygens (including phenoxy) is 4. The fourth-order valence-corrected chi connectivity index (χ4v) is 2.69. The van der Waals surface area contributed by atoms with Crippen LogP contribution >= 0.6 is 0 Å². The van der Waals surface area contributed by atoms with Gasteiger partial charge in [0, 0.05) is 11.0 Å². The van der Waals surface area contributed by atoms with Gasteiger partial charge in [-0.05, 0) is 29.3 Å². The smallest absolute Gasteiger partial charge is 0.203 e. The molecule has 0 fully saturated rings. The number of ketones is 1. The molecule has 0 radical (unpaired) electrons. The molecular formula is C24H30O6. The van der Waals surface area contributed by atoms with Gasteiger partial charge in [-0.1, -0.05) is 45.1 Å². The summed E-state index contributed by atoms with van der Waals surface area (Å²) in [6.07, 6.45) is 3.81. The van der Waals surface area contributed by atoms with E-state index >= 15 is 0 Å². The van der Waals surface area contributed by atoms with Crippen molar-refractivity contribution >= 4 is 17.9 Å². The third kappa shape index (κ3) is 5.76. The number of hydrogen-bond acceptors (Lipinski definition) is 6. The number of carbonyl (C=O) groups is 1. The zero-order chi connectivity index (χ0) is 22.3. The lowest BCUT2D eigenvalue weighted by Gasteiger charge is -2.18. The molecule has 0 aliphatic rings. The van der Waals surface area contributed by atoms with Crippen LogP contribution in [0.2, 0.25) is 0 Å². The van der Waals surface area contributed by atoms with Gasteiger partial charge >= 0.3 is 0 Å². The van der Waals surface area contributed by atoms with Crippen molar-refractivity contribution in [2.24, 2.45) is 5.41 Å².